The van der Waals surface area contributed by atoms with Gasteiger partial charge in [-0.3, -0.25) is 4.98 Å². The Bertz CT molecular complexity index is 934. The molecule has 1 heterocycles. The first-order valence-corrected chi connectivity index (χ1v) is 10.9. The van der Waals surface area contributed by atoms with Gasteiger partial charge in [0.1, 0.15) is 5.82 Å². The molecule has 0 saturated heterocycles. The highest BCUT2D eigenvalue weighted by Crippen LogP contribution is 2.32. The molecule has 6 heteroatoms. The van der Waals surface area contributed by atoms with E-state index in [4.69, 9.17) is 20.2 Å². The fraction of sp³-hybridized carbons (Fsp3) is 0.360. The van der Waals surface area contributed by atoms with Crippen molar-refractivity contribution < 1.29 is 9.47 Å². The van der Waals surface area contributed by atoms with Crippen LogP contribution in [0.4, 0.5) is 5.82 Å². The number of nitrogens with one attached hydrogen (secondary N) is 1. The second-order valence-corrected chi connectivity index (χ2v) is 7.40. The van der Waals surface area contributed by atoms with Crippen LogP contribution in [0.5, 0.6) is 11.5 Å². The Morgan fingerprint density at radius 2 is 1.87 bits per heavy atom. The van der Waals surface area contributed by atoms with Crippen molar-refractivity contribution in [2.24, 2.45) is 5.73 Å². The minimum absolute atomic E-state index is 0.189. The van der Waals surface area contributed by atoms with Crippen molar-refractivity contribution in [2.45, 2.75) is 38.6 Å². The second-order valence-electron chi connectivity index (χ2n) is 7.40. The Hall–Kier alpha value is -3.12. The highest BCUT2D eigenvalue weighted by Gasteiger charge is 2.13. The quantitative estimate of drug-likeness (QED) is 0.391. The summed E-state index contributed by atoms with van der Waals surface area (Å²) in [5.74, 6) is 2.15. The Morgan fingerprint density at radius 1 is 1.03 bits per heavy atom. The van der Waals surface area contributed by atoms with Gasteiger partial charge in [-0.1, -0.05) is 43.7 Å². The molecule has 1 aromatic heterocycles. The van der Waals surface area contributed by atoms with Gasteiger partial charge >= 0.3 is 0 Å². The summed E-state index contributed by atoms with van der Waals surface area (Å²) in [5, 5.41) is 3.55. The van der Waals surface area contributed by atoms with E-state index >= 15 is 0 Å². The van der Waals surface area contributed by atoms with Crippen LogP contribution in [0, 0.1) is 0 Å². The fourth-order valence-corrected chi connectivity index (χ4v) is 3.42. The van der Waals surface area contributed by atoms with Crippen molar-refractivity contribution in [1.29, 1.82) is 0 Å². The number of anilines is 1. The average molecular weight is 421 g/mol. The van der Waals surface area contributed by atoms with E-state index in [1.807, 2.05) is 24.3 Å². The average Bonchev–Trinajstić information content (AvgIpc) is 2.82. The van der Waals surface area contributed by atoms with Crippen molar-refractivity contribution in [1.82, 2.24) is 9.97 Å². The Kier molecular flexibility index (Phi) is 8.67. The molecular weight excluding hydrogens is 388 g/mol. The summed E-state index contributed by atoms with van der Waals surface area (Å²) in [6, 6.07) is 16.5. The number of aromatic nitrogens is 2. The summed E-state index contributed by atoms with van der Waals surface area (Å²) in [6.45, 7) is 3.47. The first-order valence-electron chi connectivity index (χ1n) is 10.9. The van der Waals surface area contributed by atoms with E-state index in [0.29, 0.717) is 18.9 Å². The topological polar surface area (TPSA) is 82.3 Å². The molecule has 0 amide bonds. The number of nitrogens with two attached hydrogens (primary N) is 1. The molecule has 2 aromatic carbocycles. The third kappa shape index (κ3) is 6.43. The van der Waals surface area contributed by atoms with Gasteiger partial charge in [0.05, 0.1) is 37.8 Å². The lowest BCUT2D eigenvalue weighted by Crippen LogP contribution is -2.12. The monoisotopic (exact) mass is 420 g/mol. The van der Waals surface area contributed by atoms with E-state index in [1.165, 1.54) is 5.56 Å². The number of hydrogen-bond donors (Lipinski definition) is 2. The smallest absolute Gasteiger partial charge is 0.161 e. The van der Waals surface area contributed by atoms with E-state index in [9.17, 15) is 0 Å². The molecule has 0 aliphatic heterocycles. The molecule has 3 rings (SSSR count). The van der Waals surface area contributed by atoms with Crippen LogP contribution in [0.2, 0.25) is 0 Å². The predicted octanol–water partition coefficient (Wildman–Crippen LogP) is 5.22. The fourth-order valence-electron chi connectivity index (χ4n) is 3.42. The Balaban J connectivity index is 1.77. The van der Waals surface area contributed by atoms with Gasteiger partial charge in [0.2, 0.25) is 0 Å². The van der Waals surface area contributed by atoms with Crippen molar-refractivity contribution >= 4 is 5.82 Å². The van der Waals surface area contributed by atoms with Gasteiger partial charge in [-0.25, -0.2) is 4.98 Å². The number of hydrogen-bond acceptors (Lipinski definition) is 6. The molecule has 0 bridgehead atoms. The lowest BCUT2D eigenvalue weighted by molar-refractivity contribution is 0.287. The van der Waals surface area contributed by atoms with Gasteiger partial charge in [0.15, 0.2) is 11.5 Å². The van der Waals surface area contributed by atoms with Gasteiger partial charge < -0.3 is 20.5 Å². The van der Waals surface area contributed by atoms with Crippen LogP contribution >= 0.6 is 0 Å². The number of nitrogens with zero attached hydrogens (tertiary/aromatic N) is 2. The van der Waals surface area contributed by atoms with Crippen LogP contribution in [-0.4, -0.2) is 30.2 Å². The highest BCUT2D eigenvalue weighted by atomic mass is 16.5. The zero-order valence-corrected chi connectivity index (χ0v) is 18.4. The lowest BCUT2D eigenvalue weighted by Gasteiger charge is -2.19. The molecule has 3 N–H and O–H groups in total. The van der Waals surface area contributed by atoms with E-state index in [1.54, 1.807) is 19.5 Å². The third-order valence-corrected chi connectivity index (χ3v) is 5.05. The zero-order chi connectivity index (χ0) is 21.9. The van der Waals surface area contributed by atoms with Crippen LogP contribution in [-0.2, 0) is 0 Å². The van der Waals surface area contributed by atoms with Gasteiger partial charge in [0, 0.05) is 5.56 Å². The molecule has 164 valence electrons. The van der Waals surface area contributed by atoms with Crippen LogP contribution in [0.1, 0.15) is 44.2 Å². The molecule has 0 saturated carbocycles. The molecule has 0 aliphatic rings. The van der Waals surface area contributed by atoms with Crippen LogP contribution in [0.15, 0.2) is 60.9 Å². The molecule has 31 heavy (non-hydrogen) atoms. The molecule has 0 spiro atoms. The summed E-state index contributed by atoms with van der Waals surface area (Å²) < 4.78 is 11.4. The van der Waals surface area contributed by atoms with E-state index in [-0.39, 0.29) is 6.04 Å². The van der Waals surface area contributed by atoms with Gasteiger partial charge in [-0.2, -0.15) is 0 Å². The summed E-state index contributed by atoms with van der Waals surface area (Å²) in [5.41, 5.74) is 8.49. The van der Waals surface area contributed by atoms with E-state index in [0.717, 1.165) is 48.5 Å². The summed E-state index contributed by atoms with van der Waals surface area (Å²) in [4.78, 5) is 9.21. The van der Waals surface area contributed by atoms with Crippen molar-refractivity contribution in [3.05, 3.63) is 66.5 Å². The highest BCUT2D eigenvalue weighted by molar-refractivity contribution is 5.64. The maximum Gasteiger partial charge on any atom is 0.161 e. The van der Waals surface area contributed by atoms with Crippen LogP contribution in [0.3, 0.4) is 0 Å². The second kappa shape index (κ2) is 11.9. The molecule has 1 unspecified atom stereocenters. The number of unbranched alkanes of at least 4 members (excludes halogenated alkanes) is 1. The van der Waals surface area contributed by atoms with Gasteiger partial charge in [-0.15, -0.1) is 0 Å². The zero-order valence-electron chi connectivity index (χ0n) is 18.4. The van der Waals surface area contributed by atoms with Gasteiger partial charge in [0.25, 0.3) is 0 Å². The standard InChI is InChI=1S/C25H32N4O2/c1-3-9-21(19-10-5-4-6-11-19)28-25-18-27-17-22(29-25)20-12-13-23(24(16-20)30-2)31-15-8-7-14-26/h4-6,10-13,16-18,21H,3,7-9,14-15,26H2,1-2H3,(H,28,29). The number of rotatable bonds is 12. The predicted molar refractivity (Wildman–Crippen MR) is 126 cm³/mol. The third-order valence-electron chi connectivity index (χ3n) is 5.05. The van der Waals surface area contributed by atoms with Crippen molar-refractivity contribution in [2.75, 3.05) is 25.6 Å². The molecule has 0 aliphatic carbocycles. The summed E-state index contributed by atoms with van der Waals surface area (Å²) >= 11 is 0. The number of benzene rings is 2. The van der Waals surface area contributed by atoms with Crippen LogP contribution < -0.4 is 20.5 Å². The Morgan fingerprint density at radius 3 is 2.61 bits per heavy atom. The normalized spacial score (nSPS) is 11.7. The molecule has 6 nitrogen and oxygen atoms in total. The van der Waals surface area contributed by atoms with Gasteiger partial charge in [-0.05, 0) is 49.6 Å². The summed E-state index contributed by atoms with van der Waals surface area (Å²) in [7, 11) is 1.64. The van der Waals surface area contributed by atoms with Crippen molar-refractivity contribution in [3.63, 3.8) is 0 Å². The number of methoxy groups -OCH3 is 1. The van der Waals surface area contributed by atoms with E-state index < -0.39 is 0 Å². The molecule has 0 radical (unpaired) electrons. The first kappa shape index (κ1) is 22.6. The molecule has 0 fully saturated rings. The lowest BCUT2D eigenvalue weighted by atomic mass is 10.0. The molecular formula is C25H32N4O2. The molecule has 3 aromatic rings. The minimum atomic E-state index is 0.189. The van der Waals surface area contributed by atoms with E-state index in [2.05, 4.69) is 41.5 Å². The maximum atomic E-state index is 5.84. The number of ether oxygens (including phenoxy) is 2. The Labute approximate surface area is 184 Å². The SMILES string of the molecule is CCCC(Nc1cncc(-c2ccc(OCCCCN)c(OC)c2)n1)c1ccccc1. The van der Waals surface area contributed by atoms with Crippen molar-refractivity contribution in [3.8, 4) is 22.8 Å². The summed E-state index contributed by atoms with van der Waals surface area (Å²) in [6.07, 6.45) is 7.47. The first-order chi connectivity index (χ1) is 15.2. The molecule has 1 atom stereocenters. The minimum Gasteiger partial charge on any atom is -0.493 e. The van der Waals surface area contributed by atoms with Crippen LogP contribution in [0.25, 0.3) is 11.3 Å². The maximum absolute atomic E-state index is 5.84. The largest absolute Gasteiger partial charge is 0.493 e.